The number of hydrogen-bond acceptors (Lipinski definition) is 7. The minimum absolute atomic E-state index is 0.116. The van der Waals surface area contributed by atoms with E-state index in [9.17, 15) is 14.7 Å². The zero-order valence-corrected chi connectivity index (χ0v) is 16.4. The number of aliphatic hydroxyl groups is 1. The summed E-state index contributed by atoms with van der Waals surface area (Å²) >= 11 is 0. The van der Waals surface area contributed by atoms with Crippen molar-refractivity contribution in [3.05, 3.63) is 59.4 Å². The fourth-order valence-corrected chi connectivity index (χ4v) is 4.66. The highest BCUT2D eigenvalue weighted by atomic mass is 16.5. The van der Waals surface area contributed by atoms with E-state index in [4.69, 9.17) is 14.0 Å². The fraction of sp³-hybridized carbons (Fsp3) is 0.409. The van der Waals surface area contributed by atoms with Gasteiger partial charge in [-0.25, -0.2) is 4.52 Å². The van der Waals surface area contributed by atoms with Crippen LogP contribution in [0.4, 0.5) is 0 Å². The summed E-state index contributed by atoms with van der Waals surface area (Å²) in [5.74, 6) is -1.36. The molecule has 0 radical (unpaired) electrons. The lowest BCUT2D eigenvalue weighted by Crippen LogP contribution is -2.61. The topological polar surface area (TPSA) is 103 Å². The summed E-state index contributed by atoms with van der Waals surface area (Å²) in [7, 11) is 0. The molecule has 8 nitrogen and oxygen atoms in total. The molecule has 2 aromatic rings. The highest BCUT2D eigenvalue weighted by molar-refractivity contribution is 6.23. The standard InChI is InChI=1S/C22H22N2O6/c25-16-8-4-7-15-18(24-9-11-28-12-10-24)19-17(20(26)22(15,16)27)21(23-30-19)29-13-14-5-2-1-3-6-14/h1-6,8,15,18,27H,7,9-13H2/p+1/t15?,18-,22-/m0/s1. The van der Waals surface area contributed by atoms with Crippen LogP contribution in [-0.2, 0) is 16.1 Å². The largest absolute Gasteiger partial charge is 0.436 e. The number of Topliss-reactive ketones (excluding diaryl/α,β-unsaturated/α-hetero) is 1. The second kappa shape index (κ2) is 7.46. The summed E-state index contributed by atoms with van der Waals surface area (Å²) in [6, 6.07) is 9.07. The maximum atomic E-state index is 13.4. The smallest absolute Gasteiger partial charge is 0.424 e. The monoisotopic (exact) mass is 411 g/mol. The van der Waals surface area contributed by atoms with Gasteiger partial charge in [-0.05, 0) is 18.1 Å². The molecular formula is C22H23N2O6+. The van der Waals surface area contributed by atoms with Crippen molar-refractivity contribution in [2.75, 3.05) is 26.3 Å². The number of carbonyl (C=O) groups is 2. The van der Waals surface area contributed by atoms with Gasteiger partial charge < -0.3 is 14.6 Å². The van der Waals surface area contributed by atoms with E-state index >= 15 is 0 Å². The van der Waals surface area contributed by atoms with E-state index < -0.39 is 29.1 Å². The maximum absolute atomic E-state index is 13.4. The predicted molar refractivity (Wildman–Crippen MR) is 103 cm³/mol. The molecule has 1 saturated heterocycles. The Morgan fingerprint density at radius 1 is 1.20 bits per heavy atom. The van der Waals surface area contributed by atoms with Crippen LogP contribution in [0.2, 0.25) is 0 Å². The average molecular weight is 411 g/mol. The number of benzene rings is 1. The zero-order chi connectivity index (χ0) is 20.7. The number of rotatable bonds is 4. The van der Waals surface area contributed by atoms with Crippen molar-refractivity contribution >= 4 is 11.6 Å². The van der Waals surface area contributed by atoms with Crippen molar-refractivity contribution in [3.8, 4) is 5.88 Å². The van der Waals surface area contributed by atoms with Crippen LogP contribution in [0, 0.1) is 5.92 Å². The van der Waals surface area contributed by atoms with Gasteiger partial charge in [0, 0.05) is 24.2 Å². The normalized spacial score (nSPS) is 28.8. The van der Waals surface area contributed by atoms with Crippen molar-refractivity contribution in [1.82, 2.24) is 4.90 Å². The third kappa shape index (κ3) is 2.91. The van der Waals surface area contributed by atoms with Gasteiger partial charge in [0.2, 0.25) is 11.5 Å². The summed E-state index contributed by atoms with van der Waals surface area (Å²) in [4.78, 5) is 28.2. The Bertz CT molecular complexity index is 994. The Kier molecular flexibility index (Phi) is 4.77. The van der Waals surface area contributed by atoms with Gasteiger partial charge in [0.15, 0.2) is 16.9 Å². The molecule has 5 rings (SSSR count). The molecule has 0 saturated carbocycles. The fourth-order valence-electron chi connectivity index (χ4n) is 4.66. The molecule has 8 heteroatoms. The van der Waals surface area contributed by atoms with Crippen molar-refractivity contribution in [3.63, 3.8) is 0 Å². The molecule has 2 aliphatic carbocycles. The van der Waals surface area contributed by atoms with Crippen molar-refractivity contribution in [2.45, 2.75) is 24.7 Å². The highest BCUT2D eigenvalue weighted by Crippen LogP contribution is 2.49. The van der Waals surface area contributed by atoms with Crippen LogP contribution in [0.1, 0.15) is 34.1 Å². The number of nitrogens with one attached hydrogen (secondary N) is 1. The van der Waals surface area contributed by atoms with Crippen LogP contribution in [0.5, 0.6) is 5.88 Å². The Labute approximate surface area is 173 Å². The number of aromatic amines is 1. The summed E-state index contributed by atoms with van der Waals surface area (Å²) in [5.41, 5.74) is -1.10. The summed E-state index contributed by atoms with van der Waals surface area (Å²) in [6.45, 7) is 2.52. The number of fused-ring (bicyclic) bond motifs is 2. The van der Waals surface area contributed by atoms with Gasteiger partial charge in [0.05, 0.1) is 19.3 Å². The third-order valence-corrected chi connectivity index (χ3v) is 6.19. The molecular weight excluding hydrogens is 388 g/mol. The van der Waals surface area contributed by atoms with E-state index in [1.165, 1.54) is 6.08 Å². The molecule has 2 heterocycles. The van der Waals surface area contributed by atoms with E-state index in [1.54, 1.807) is 6.08 Å². The van der Waals surface area contributed by atoms with E-state index in [2.05, 4.69) is 10.1 Å². The Morgan fingerprint density at radius 2 is 1.97 bits per heavy atom. The lowest BCUT2D eigenvalue weighted by Gasteiger charge is -2.45. The molecule has 3 aliphatic rings. The molecule has 30 heavy (non-hydrogen) atoms. The Balaban J connectivity index is 1.56. The van der Waals surface area contributed by atoms with E-state index in [0.29, 0.717) is 38.5 Å². The lowest BCUT2D eigenvalue weighted by molar-refractivity contribution is -0.617. The van der Waals surface area contributed by atoms with Gasteiger partial charge in [0.25, 0.3) is 0 Å². The van der Waals surface area contributed by atoms with Gasteiger partial charge in [-0.3, -0.25) is 14.5 Å². The number of aromatic nitrogens is 1. The first kappa shape index (κ1) is 19.2. The number of hydrogen-bond donors (Lipinski definition) is 1. The second-order valence-electron chi connectivity index (χ2n) is 7.84. The molecule has 0 spiro atoms. The van der Waals surface area contributed by atoms with E-state index in [0.717, 1.165) is 5.56 Å². The number of nitrogens with zero attached hydrogens (tertiary/aromatic N) is 1. The van der Waals surface area contributed by atoms with Crippen molar-refractivity contribution in [1.29, 1.82) is 0 Å². The first-order chi connectivity index (χ1) is 14.6. The van der Waals surface area contributed by atoms with Crippen LogP contribution in [0.3, 0.4) is 0 Å². The molecule has 1 fully saturated rings. The number of morpholine rings is 1. The molecule has 1 aliphatic heterocycles. The Morgan fingerprint density at radius 3 is 2.73 bits per heavy atom. The molecule has 0 bridgehead atoms. The maximum Gasteiger partial charge on any atom is 0.424 e. The average Bonchev–Trinajstić information content (AvgIpc) is 3.20. The second-order valence-corrected chi connectivity index (χ2v) is 7.84. The predicted octanol–water partition coefficient (Wildman–Crippen LogP) is 1.12. The van der Waals surface area contributed by atoms with Gasteiger partial charge in [-0.1, -0.05) is 36.4 Å². The lowest BCUT2D eigenvalue weighted by atomic mass is 9.65. The van der Waals surface area contributed by atoms with E-state index in [-0.39, 0.29) is 18.1 Å². The SMILES string of the molecule is O=C1C=CCC2[C@H](N3CCOCC3)c3o[nH+]c(OCc4ccccc4)c3C(=O)[C@@]12O. The molecule has 1 aromatic heterocycles. The zero-order valence-electron chi connectivity index (χ0n) is 16.4. The summed E-state index contributed by atoms with van der Waals surface area (Å²) < 4.78 is 17.0. The minimum Gasteiger partial charge on any atom is -0.436 e. The molecule has 1 unspecified atom stereocenters. The van der Waals surface area contributed by atoms with Crippen LogP contribution in [0.25, 0.3) is 0 Å². The molecule has 3 atom stereocenters. The van der Waals surface area contributed by atoms with Crippen molar-refractivity contribution < 1.29 is 33.8 Å². The van der Waals surface area contributed by atoms with Crippen molar-refractivity contribution in [2.24, 2.45) is 5.92 Å². The van der Waals surface area contributed by atoms with E-state index in [1.807, 2.05) is 30.3 Å². The number of ketones is 2. The van der Waals surface area contributed by atoms with Gasteiger partial charge in [-0.2, -0.15) is 0 Å². The molecule has 2 N–H and O–H groups in total. The quantitative estimate of drug-likeness (QED) is 0.752. The van der Waals surface area contributed by atoms with Crippen LogP contribution in [-0.4, -0.2) is 53.5 Å². The number of H-pyrrole nitrogens is 1. The van der Waals surface area contributed by atoms with Gasteiger partial charge in [-0.15, -0.1) is 0 Å². The van der Waals surface area contributed by atoms with Gasteiger partial charge in [0.1, 0.15) is 6.61 Å². The summed E-state index contributed by atoms with van der Waals surface area (Å²) in [5, 5.41) is 14.1. The number of allylic oxidation sites excluding steroid dienone is 1. The van der Waals surface area contributed by atoms with Crippen LogP contribution in [0.15, 0.2) is 47.0 Å². The van der Waals surface area contributed by atoms with Crippen LogP contribution < -0.4 is 9.89 Å². The van der Waals surface area contributed by atoms with Crippen LogP contribution >= 0.6 is 0 Å². The summed E-state index contributed by atoms with van der Waals surface area (Å²) in [6.07, 6.45) is 3.41. The Hall–Kier alpha value is -2.81. The minimum atomic E-state index is -2.13. The third-order valence-electron chi connectivity index (χ3n) is 6.19. The molecule has 1 aromatic carbocycles. The first-order valence-electron chi connectivity index (χ1n) is 10.1. The first-order valence-corrected chi connectivity index (χ1v) is 10.1. The molecule has 156 valence electrons. The number of ether oxygens (including phenoxy) is 2. The number of carbonyl (C=O) groups excluding carboxylic acids is 2. The van der Waals surface area contributed by atoms with Gasteiger partial charge >= 0.3 is 5.88 Å². The molecule has 0 amide bonds. The highest BCUT2D eigenvalue weighted by Gasteiger charge is 2.63.